The summed E-state index contributed by atoms with van der Waals surface area (Å²) in [6, 6.07) is 11.6. The van der Waals surface area contributed by atoms with E-state index in [4.69, 9.17) is 23.2 Å². The Morgan fingerprint density at radius 2 is 1.91 bits per heavy atom. The van der Waals surface area contributed by atoms with Crippen molar-refractivity contribution < 1.29 is 9.18 Å². The van der Waals surface area contributed by atoms with E-state index in [0.717, 1.165) is 17.0 Å². The molecule has 1 N–H and O–H groups in total. The molecule has 10 heteroatoms. The van der Waals surface area contributed by atoms with Crippen LogP contribution in [0.4, 0.5) is 10.1 Å². The first-order chi connectivity index (χ1) is 15.3. The fourth-order valence-corrected chi connectivity index (χ4v) is 4.32. The number of aryl methyl sites for hydroxylation is 2. The van der Waals surface area contributed by atoms with E-state index in [9.17, 15) is 9.18 Å². The first-order valence-electron chi connectivity index (χ1n) is 9.66. The topological polar surface area (TPSA) is 72.2 Å². The van der Waals surface area contributed by atoms with Crippen LogP contribution in [0.1, 0.15) is 22.5 Å². The predicted molar refractivity (Wildman–Crippen MR) is 125 cm³/mol. The van der Waals surface area contributed by atoms with E-state index in [1.807, 2.05) is 13.8 Å². The molecule has 0 unspecified atom stereocenters. The maximum Gasteiger partial charge on any atom is 0.253 e. The smallest absolute Gasteiger partial charge is 0.253 e. The summed E-state index contributed by atoms with van der Waals surface area (Å²) in [6.07, 6.45) is 0.288. The summed E-state index contributed by atoms with van der Waals surface area (Å²) in [5.74, 6) is -0.0241. The highest BCUT2D eigenvalue weighted by Gasteiger charge is 2.17. The molecule has 2 aromatic carbocycles. The van der Waals surface area contributed by atoms with Gasteiger partial charge in [0.25, 0.3) is 5.78 Å². The molecule has 32 heavy (non-hydrogen) atoms. The van der Waals surface area contributed by atoms with E-state index in [0.29, 0.717) is 32.2 Å². The van der Waals surface area contributed by atoms with Crippen LogP contribution in [0.25, 0.3) is 5.78 Å². The lowest BCUT2D eigenvalue weighted by molar-refractivity contribution is -0.113. The van der Waals surface area contributed by atoms with Gasteiger partial charge in [0.05, 0.1) is 5.75 Å². The largest absolute Gasteiger partial charge is 0.325 e. The summed E-state index contributed by atoms with van der Waals surface area (Å²) in [5.41, 5.74) is 3.36. The van der Waals surface area contributed by atoms with Crippen molar-refractivity contribution in [2.45, 2.75) is 25.4 Å². The quantitative estimate of drug-likeness (QED) is 0.361. The lowest BCUT2D eigenvalue weighted by Gasteiger charge is -2.12. The zero-order valence-corrected chi connectivity index (χ0v) is 19.5. The van der Waals surface area contributed by atoms with Crippen LogP contribution in [-0.2, 0) is 11.2 Å². The molecule has 0 aliphatic heterocycles. The molecule has 0 fully saturated rings. The Balaban J connectivity index is 1.53. The number of hydrogen-bond donors (Lipinski definition) is 1. The van der Waals surface area contributed by atoms with Crippen molar-refractivity contribution >= 4 is 52.3 Å². The number of nitrogens with one attached hydrogen (secondary N) is 1. The fourth-order valence-electron chi connectivity index (χ4n) is 3.28. The monoisotopic (exact) mass is 489 g/mol. The van der Waals surface area contributed by atoms with E-state index in [2.05, 4.69) is 20.4 Å². The van der Waals surface area contributed by atoms with Gasteiger partial charge in [-0.05, 0) is 49.7 Å². The molecule has 0 aliphatic carbocycles. The molecule has 4 rings (SSSR count). The normalized spacial score (nSPS) is 11.2. The van der Waals surface area contributed by atoms with Crippen molar-refractivity contribution in [2.24, 2.45) is 0 Å². The Morgan fingerprint density at radius 3 is 2.66 bits per heavy atom. The number of halogens is 3. The van der Waals surface area contributed by atoms with Gasteiger partial charge in [-0.2, -0.15) is 4.98 Å². The molecule has 0 saturated carbocycles. The minimum atomic E-state index is -0.364. The first kappa shape index (κ1) is 22.5. The average Bonchev–Trinajstić information content (AvgIpc) is 3.14. The van der Waals surface area contributed by atoms with Gasteiger partial charge < -0.3 is 5.32 Å². The van der Waals surface area contributed by atoms with Gasteiger partial charge in [-0.3, -0.25) is 4.79 Å². The molecule has 0 aliphatic rings. The Kier molecular flexibility index (Phi) is 6.64. The molecule has 2 heterocycles. The van der Waals surface area contributed by atoms with Crippen molar-refractivity contribution in [3.63, 3.8) is 0 Å². The van der Waals surface area contributed by atoms with E-state index < -0.39 is 0 Å². The highest BCUT2D eigenvalue weighted by atomic mass is 35.5. The summed E-state index contributed by atoms with van der Waals surface area (Å²) >= 11 is 13.3. The summed E-state index contributed by atoms with van der Waals surface area (Å²) in [4.78, 5) is 21.2. The SMILES string of the molecule is Cc1nc2nc(SCC(=O)Nc3cccc(Cl)c3)nn2c(C)c1Cc1c(F)cccc1Cl. The Bertz CT molecular complexity index is 1310. The number of nitrogens with zero attached hydrogens (tertiary/aromatic N) is 4. The number of amides is 1. The lowest BCUT2D eigenvalue weighted by Crippen LogP contribution is -2.14. The first-order valence-corrected chi connectivity index (χ1v) is 11.4. The number of aromatic nitrogens is 4. The summed E-state index contributed by atoms with van der Waals surface area (Å²) in [6.45, 7) is 3.72. The molecule has 2 aromatic heterocycles. The van der Waals surface area contributed by atoms with Crippen LogP contribution in [-0.4, -0.2) is 31.2 Å². The molecule has 0 spiro atoms. The predicted octanol–water partition coefficient (Wildman–Crippen LogP) is 5.51. The highest BCUT2D eigenvalue weighted by Crippen LogP contribution is 2.26. The van der Waals surface area contributed by atoms with Crippen molar-refractivity contribution in [1.29, 1.82) is 0 Å². The summed E-state index contributed by atoms with van der Waals surface area (Å²) in [7, 11) is 0. The number of carbonyl (C=O) groups excluding carboxylic acids is 1. The van der Waals surface area contributed by atoms with Crippen LogP contribution in [0.15, 0.2) is 47.6 Å². The molecule has 4 aromatic rings. The third-order valence-corrected chi connectivity index (χ3v) is 6.31. The molecule has 0 atom stereocenters. The zero-order valence-electron chi connectivity index (χ0n) is 17.2. The van der Waals surface area contributed by atoms with Crippen molar-refractivity contribution in [3.05, 3.63) is 80.8 Å². The second-order valence-electron chi connectivity index (χ2n) is 7.09. The third-order valence-electron chi connectivity index (χ3n) is 4.89. The van der Waals surface area contributed by atoms with Gasteiger partial charge in [-0.15, -0.1) is 5.10 Å². The van der Waals surface area contributed by atoms with Gasteiger partial charge in [0.1, 0.15) is 5.82 Å². The number of fused-ring (bicyclic) bond motifs is 1. The van der Waals surface area contributed by atoms with E-state index in [-0.39, 0.29) is 23.9 Å². The lowest BCUT2D eigenvalue weighted by atomic mass is 10.0. The van der Waals surface area contributed by atoms with Crippen molar-refractivity contribution in [2.75, 3.05) is 11.1 Å². The van der Waals surface area contributed by atoms with Gasteiger partial charge in [0.2, 0.25) is 11.1 Å². The minimum absolute atomic E-state index is 0.124. The molecule has 0 radical (unpaired) electrons. The van der Waals surface area contributed by atoms with Crippen LogP contribution < -0.4 is 5.32 Å². The fraction of sp³-hybridized carbons (Fsp3) is 0.182. The van der Waals surface area contributed by atoms with E-state index >= 15 is 0 Å². The molecule has 0 saturated heterocycles. The third kappa shape index (κ3) is 4.87. The van der Waals surface area contributed by atoms with Gasteiger partial charge in [0, 0.05) is 39.1 Å². The zero-order chi connectivity index (χ0) is 22.8. The van der Waals surface area contributed by atoms with Crippen LogP contribution in [0.2, 0.25) is 10.0 Å². The highest BCUT2D eigenvalue weighted by molar-refractivity contribution is 7.99. The molecule has 1 amide bonds. The van der Waals surface area contributed by atoms with Crippen LogP contribution >= 0.6 is 35.0 Å². The number of carbonyl (C=O) groups is 1. The van der Waals surface area contributed by atoms with Gasteiger partial charge in [0.15, 0.2) is 0 Å². The molecular formula is C22H18Cl2FN5OS. The number of anilines is 1. The summed E-state index contributed by atoms with van der Waals surface area (Å²) in [5, 5.41) is 8.58. The van der Waals surface area contributed by atoms with Crippen LogP contribution in [0, 0.1) is 19.7 Å². The number of benzene rings is 2. The van der Waals surface area contributed by atoms with E-state index in [1.54, 1.807) is 40.9 Å². The molecule has 164 valence electrons. The second kappa shape index (κ2) is 9.44. The average molecular weight is 490 g/mol. The van der Waals surface area contributed by atoms with Crippen molar-refractivity contribution in [3.8, 4) is 0 Å². The number of hydrogen-bond acceptors (Lipinski definition) is 5. The van der Waals surface area contributed by atoms with Gasteiger partial charge >= 0.3 is 0 Å². The van der Waals surface area contributed by atoms with Gasteiger partial charge in [-0.25, -0.2) is 13.9 Å². The van der Waals surface area contributed by atoms with Crippen LogP contribution in [0.3, 0.4) is 0 Å². The Morgan fingerprint density at radius 1 is 1.12 bits per heavy atom. The van der Waals surface area contributed by atoms with E-state index in [1.165, 1.54) is 17.8 Å². The minimum Gasteiger partial charge on any atom is -0.325 e. The van der Waals surface area contributed by atoms with Crippen LogP contribution in [0.5, 0.6) is 0 Å². The Labute approximate surface area is 198 Å². The van der Waals surface area contributed by atoms with Crippen molar-refractivity contribution in [1.82, 2.24) is 19.6 Å². The molecule has 6 nitrogen and oxygen atoms in total. The standard InChI is InChI=1S/C22H18Cl2FN5OS/c1-12-16(10-17-18(24)7-4-8-19(17)25)13(2)30-21(26-12)28-22(29-30)32-11-20(31)27-15-6-3-5-14(23)9-15/h3-9H,10-11H2,1-2H3,(H,27,31). The maximum absolute atomic E-state index is 14.3. The number of thioether (sulfide) groups is 1. The molecule has 0 bridgehead atoms. The maximum atomic E-state index is 14.3. The molecular weight excluding hydrogens is 472 g/mol. The summed E-state index contributed by atoms with van der Waals surface area (Å²) < 4.78 is 15.9. The Hall–Kier alpha value is -2.68. The number of rotatable bonds is 6. The second-order valence-corrected chi connectivity index (χ2v) is 8.88. The van der Waals surface area contributed by atoms with Gasteiger partial charge in [-0.1, -0.05) is 47.1 Å².